The molecule has 1 aromatic heterocycles. The van der Waals surface area contributed by atoms with Gasteiger partial charge in [-0.05, 0) is 49.4 Å². The molecule has 160 valence electrons. The minimum atomic E-state index is -3.03. The molecular formula is C20H15BrClF2N5O2. The van der Waals surface area contributed by atoms with Gasteiger partial charge >= 0.3 is 6.61 Å². The van der Waals surface area contributed by atoms with E-state index in [9.17, 15) is 13.6 Å². The summed E-state index contributed by atoms with van der Waals surface area (Å²) in [6.07, 6.45) is 1.31. The standard InChI is InChI=1S/C20H15BrClF2N5O2/c1-10-16(18(30)28-13-5-3-12(22)4-6-13)17(29-20(27-10)25-9-26-29)14-8-11(21)2-7-15(14)31-19(23)24/h2-9,17,19H,1H3,(H,28,30)(H,25,26,27)/t17-/m0/s1. The zero-order chi connectivity index (χ0) is 22.1. The second-order valence-corrected chi connectivity index (χ2v) is 7.97. The Hall–Kier alpha value is -2.98. The number of ether oxygens (including phenoxy) is 1. The van der Waals surface area contributed by atoms with Gasteiger partial charge in [-0.15, -0.1) is 0 Å². The topological polar surface area (TPSA) is 81.1 Å². The zero-order valence-corrected chi connectivity index (χ0v) is 18.3. The summed E-state index contributed by atoms with van der Waals surface area (Å²) in [7, 11) is 0. The maximum Gasteiger partial charge on any atom is 0.387 e. The van der Waals surface area contributed by atoms with Gasteiger partial charge in [0.15, 0.2) is 0 Å². The predicted octanol–water partition coefficient (Wildman–Crippen LogP) is 5.22. The quantitative estimate of drug-likeness (QED) is 0.492. The van der Waals surface area contributed by atoms with Crippen LogP contribution in [0, 0.1) is 0 Å². The number of benzene rings is 2. The first-order chi connectivity index (χ1) is 14.8. The highest BCUT2D eigenvalue weighted by atomic mass is 79.9. The lowest BCUT2D eigenvalue weighted by Crippen LogP contribution is -2.32. The average Bonchev–Trinajstić information content (AvgIpc) is 3.17. The summed E-state index contributed by atoms with van der Waals surface area (Å²) in [5.41, 5.74) is 1.62. The molecule has 1 aliphatic heterocycles. The molecule has 1 atom stereocenters. The number of hydrogen-bond acceptors (Lipinski definition) is 5. The van der Waals surface area contributed by atoms with Gasteiger partial charge in [0.05, 0.1) is 5.57 Å². The fraction of sp³-hybridized carbons (Fsp3) is 0.150. The molecule has 0 radical (unpaired) electrons. The van der Waals surface area contributed by atoms with E-state index in [4.69, 9.17) is 16.3 Å². The number of nitrogens with zero attached hydrogens (tertiary/aromatic N) is 3. The van der Waals surface area contributed by atoms with Gasteiger partial charge in [0.25, 0.3) is 5.91 Å². The highest BCUT2D eigenvalue weighted by molar-refractivity contribution is 9.10. The molecule has 0 saturated carbocycles. The van der Waals surface area contributed by atoms with Gasteiger partial charge in [-0.25, -0.2) is 4.68 Å². The number of hydrogen-bond donors (Lipinski definition) is 2. The van der Waals surface area contributed by atoms with E-state index in [1.807, 2.05) is 0 Å². The Labute approximate surface area is 189 Å². The number of carbonyl (C=O) groups is 1. The number of carbonyl (C=O) groups excluding carboxylic acids is 1. The summed E-state index contributed by atoms with van der Waals surface area (Å²) in [5.74, 6) is -0.147. The minimum absolute atomic E-state index is 0.0730. The van der Waals surface area contributed by atoms with Crippen molar-refractivity contribution in [1.29, 1.82) is 0 Å². The fourth-order valence-electron chi connectivity index (χ4n) is 3.34. The Bertz CT molecular complexity index is 1170. The van der Waals surface area contributed by atoms with Crippen LogP contribution in [0.1, 0.15) is 18.5 Å². The van der Waals surface area contributed by atoms with Crippen molar-refractivity contribution in [2.45, 2.75) is 19.6 Å². The number of halogens is 4. The molecule has 0 spiro atoms. The Morgan fingerprint density at radius 1 is 1.29 bits per heavy atom. The van der Waals surface area contributed by atoms with Crippen LogP contribution >= 0.6 is 27.5 Å². The summed E-state index contributed by atoms with van der Waals surface area (Å²) < 4.78 is 33.0. The monoisotopic (exact) mass is 509 g/mol. The van der Waals surface area contributed by atoms with E-state index in [0.717, 1.165) is 0 Å². The third-order valence-electron chi connectivity index (χ3n) is 4.62. The van der Waals surface area contributed by atoms with Crippen molar-refractivity contribution in [3.8, 4) is 5.75 Å². The first-order valence-corrected chi connectivity index (χ1v) is 10.2. The van der Waals surface area contributed by atoms with Crippen LogP contribution in [-0.2, 0) is 4.79 Å². The van der Waals surface area contributed by atoms with Crippen molar-refractivity contribution in [1.82, 2.24) is 14.8 Å². The van der Waals surface area contributed by atoms with E-state index in [2.05, 4.69) is 36.6 Å². The molecule has 31 heavy (non-hydrogen) atoms. The number of fused-ring (bicyclic) bond motifs is 1. The van der Waals surface area contributed by atoms with Crippen LogP contribution < -0.4 is 15.4 Å². The van der Waals surface area contributed by atoms with Crippen molar-refractivity contribution in [2.75, 3.05) is 10.6 Å². The van der Waals surface area contributed by atoms with Crippen LogP contribution in [0.25, 0.3) is 0 Å². The Morgan fingerprint density at radius 3 is 2.74 bits per heavy atom. The summed E-state index contributed by atoms with van der Waals surface area (Å²) in [6, 6.07) is 10.3. The summed E-state index contributed by atoms with van der Waals surface area (Å²) in [6.45, 7) is -1.33. The van der Waals surface area contributed by atoms with Crippen molar-refractivity contribution in [3.63, 3.8) is 0 Å². The van der Waals surface area contributed by atoms with Gasteiger partial charge in [-0.2, -0.15) is 18.9 Å². The molecule has 11 heteroatoms. The lowest BCUT2D eigenvalue weighted by molar-refractivity contribution is -0.113. The van der Waals surface area contributed by atoms with Crippen LogP contribution in [-0.4, -0.2) is 27.3 Å². The molecule has 0 unspecified atom stereocenters. The first kappa shape index (κ1) is 21.3. The summed E-state index contributed by atoms with van der Waals surface area (Å²) in [5, 5.41) is 10.6. The Kier molecular flexibility index (Phi) is 5.92. The molecule has 2 N–H and O–H groups in total. The molecule has 0 fully saturated rings. The van der Waals surface area contributed by atoms with E-state index in [0.29, 0.717) is 32.4 Å². The fourth-order valence-corrected chi connectivity index (χ4v) is 3.85. The van der Waals surface area contributed by atoms with Gasteiger partial charge in [0, 0.05) is 26.4 Å². The van der Waals surface area contributed by atoms with Gasteiger partial charge in [-0.1, -0.05) is 27.5 Å². The lowest BCUT2D eigenvalue weighted by atomic mass is 9.94. The van der Waals surface area contributed by atoms with E-state index >= 15 is 0 Å². The number of alkyl halides is 2. The highest BCUT2D eigenvalue weighted by Crippen LogP contribution is 2.40. The van der Waals surface area contributed by atoms with Gasteiger partial charge in [0.2, 0.25) is 5.95 Å². The molecule has 0 saturated heterocycles. The van der Waals surface area contributed by atoms with Gasteiger partial charge in [0.1, 0.15) is 18.1 Å². The minimum Gasteiger partial charge on any atom is -0.434 e. The Balaban J connectivity index is 1.81. The second kappa shape index (κ2) is 8.64. The number of allylic oxidation sites excluding steroid dienone is 1. The average molecular weight is 511 g/mol. The number of rotatable bonds is 5. The van der Waals surface area contributed by atoms with Crippen molar-refractivity contribution in [2.24, 2.45) is 0 Å². The van der Waals surface area contributed by atoms with E-state index in [1.165, 1.54) is 17.1 Å². The molecule has 4 rings (SSSR count). The largest absolute Gasteiger partial charge is 0.434 e. The van der Waals surface area contributed by atoms with Crippen LogP contribution in [0.2, 0.25) is 5.02 Å². The predicted molar refractivity (Wildman–Crippen MR) is 115 cm³/mol. The molecular weight excluding hydrogens is 496 g/mol. The van der Waals surface area contributed by atoms with Crippen LogP contribution in [0.15, 0.2) is 64.5 Å². The summed E-state index contributed by atoms with van der Waals surface area (Å²) in [4.78, 5) is 17.4. The third-order valence-corrected chi connectivity index (χ3v) is 5.37. The molecule has 7 nitrogen and oxygen atoms in total. The van der Waals surface area contributed by atoms with Crippen LogP contribution in [0.3, 0.4) is 0 Å². The smallest absolute Gasteiger partial charge is 0.387 e. The van der Waals surface area contributed by atoms with Crippen LogP contribution in [0.4, 0.5) is 20.4 Å². The molecule has 0 bridgehead atoms. The van der Waals surface area contributed by atoms with Crippen molar-refractivity contribution < 1.29 is 18.3 Å². The van der Waals surface area contributed by atoms with E-state index in [-0.39, 0.29) is 11.3 Å². The number of aromatic nitrogens is 3. The molecule has 2 heterocycles. The lowest BCUT2D eigenvalue weighted by Gasteiger charge is -2.29. The molecule has 1 amide bonds. The number of anilines is 2. The molecule has 1 aliphatic rings. The van der Waals surface area contributed by atoms with Crippen molar-refractivity contribution in [3.05, 3.63) is 75.1 Å². The normalized spacial score (nSPS) is 15.5. The first-order valence-electron chi connectivity index (χ1n) is 9.02. The van der Waals surface area contributed by atoms with E-state index < -0.39 is 18.6 Å². The number of nitrogens with one attached hydrogen (secondary N) is 2. The SMILES string of the molecule is CC1=C(C(=O)Nc2ccc(Cl)cc2)[C@H](c2cc(Br)ccc2OC(F)F)n2ncnc2N1. The molecule has 3 aromatic rings. The highest BCUT2D eigenvalue weighted by Gasteiger charge is 2.35. The number of amides is 1. The zero-order valence-electron chi connectivity index (χ0n) is 15.9. The molecule has 2 aromatic carbocycles. The maximum atomic E-state index is 13.3. The van der Waals surface area contributed by atoms with E-state index in [1.54, 1.807) is 43.3 Å². The van der Waals surface area contributed by atoms with Crippen LogP contribution in [0.5, 0.6) is 5.75 Å². The molecule has 0 aliphatic carbocycles. The van der Waals surface area contributed by atoms with Gasteiger partial charge in [-0.3, -0.25) is 4.79 Å². The second-order valence-electron chi connectivity index (χ2n) is 6.62. The maximum absolute atomic E-state index is 13.3. The van der Waals surface area contributed by atoms with Crippen molar-refractivity contribution >= 4 is 45.1 Å². The van der Waals surface area contributed by atoms with Gasteiger partial charge < -0.3 is 15.4 Å². The third kappa shape index (κ3) is 4.40. The summed E-state index contributed by atoms with van der Waals surface area (Å²) >= 11 is 9.27. The Morgan fingerprint density at radius 2 is 2.03 bits per heavy atom.